The summed E-state index contributed by atoms with van der Waals surface area (Å²) in [5, 5.41) is 0. The smallest absolute Gasteiger partial charge is 0.361 e. The van der Waals surface area contributed by atoms with E-state index in [2.05, 4.69) is 68.0 Å². The van der Waals surface area contributed by atoms with Crippen LogP contribution in [-0.2, 0) is 28.6 Å². The number of likely N-dealkylation sites (N-methyl/N-ethyl adjacent to an activating group) is 3. The number of esters is 3. The van der Waals surface area contributed by atoms with Gasteiger partial charge in [-0.15, -0.1) is 0 Å². The van der Waals surface area contributed by atoms with Crippen LogP contribution in [0.25, 0.3) is 0 Å². The molecule has 0 radical (unpaired) electrons. The summed E-state index contributed by atoms with van der Waals surface area (Å²) >= 11 is 0. The molecular formula is C50H103Br3N4O6. The second kappa shape index (κ2) is 45.5. The number of carbonyl (C=O) groups excluding carboxylic acids is 3. The molecule has 0 saturated heterocycles. The van der Waals surface area contributed by atoms with Gasteiger partial charge >= 0.3 is 17.9 Å². The number of hydrogen-bond acceptors (Lipinski definition) is 7. The van der Waals surface area contributed by atoms with Crippen molar-refractivity contribution in [3.8, 4) is 0 Å². The first-order valence-corrected chi connectivity index (χ1v) is 25.3. The molecule has 0 aliphatic heterocycles. The number of hydrogen-bond donors (Lipinski definition) is 0. The Morgan fingerprint density at radius 1 is 0.333 bits per heavy atom. The van der Waals surface area contributed by atoms with Crippen LogP contribution in [-0.4, -0.2) is 157 Å². The molecule has 0 bridgehead atoms. The Morgan fingerprint density at radius 2 is 0.524 bits per heavy atom. The van der Waals surface area contributed by atoms with Crippen molar-refractivity contribution in [3.05, 3.63) is 0 Å². The predicted octanol–water partition coefficient (Wildman–Crippen LogP) is 1.36. The lowest BCUT2D eigenvalue weighted by Gasteiger charge is -2.29. The van der Waals surface area contributed by atoms with Crippen molar-refractivity contribution in [1.29, 1.82) is 0 Å². The summed E-state index contributed by atoms with van der Waals surface area (Å²) in [7, 11) is 12.6. The zero-order valence-electron chi connectivity index (χ0n) is 42.7. The molecule has 0 aliphatic carbocycles. The van der Waals surface area contributed by atoms with Crippen LogP contribution in [0, 0.1) is 0 Å². The zero-order valence-corrected chi connectivity index (χ0v) is 47.5. The minimum Gasteiger partial charge on any atom is -1.00 e. The van der Waals surface area contributed by atoms with Gasteiger partial charge in [0, 0.05) is 19.6 Å². The minimum absolute atomic E-state index is 0. The third-order valence-corrected chi connectivity index (χ3v) is 12.0. The molecule has 13 heteroatoms. The molecule has 0 aromatic carbocycles. The standard InChI is InChI=1S/C50H103N4O6.3BrH/c1-10-13-16-19-22-25-26-29-32-35-41-54(8,9)47-50(57)60-44-38-51(36-42-58-48(55)45-52(4,5)39-33-30-27-23-20-17-14-11-2)37-43-59-49(56)46-53(6,7)40-34-31-28-24-21-18-15-12-3;;;/h10-47H2,1-9H3;3*1H/q+3;;;/p-3. The number of nitrogens with zero attached hydrogens (tertiary/aromatic N) is 4. The van der Waals surface area contributed by atoms with Crippen molar-refractivity contribution in [2.75, 3.05) is 121 Å². The number of quaternary nitrogens is 3. The first-order valence-electron chi connectivity index (χ1n) is 25.3. The average Bonchev–Trinajstić information content (AvgIpc) is 3.16. The Kier molecular flexibility index (Phi) is 50.0. The molecule has 0 aromatic rings. The Labute approximate surface area is 422 Å². The van der Waals surface area contributed by atoms with Crippen LogP contribution in [0.2, 0.25) is 0 Å². The highest BCUT2D eigenvalue weighted by molar-refractivity contribution is 5.71. The van der Waals surface area contributed by atoms with E-state index in [1.54, 1.807) is 0 Å². The van der Waals surface area contributed by atoms with E-state index in [1.807, 2.05) is 0 Å². The third kappa shape index (κ3) is 48.0. The van der Waals surface area contributed by atoms with Gasteiger partial charge in [0.2, 0.25) is 0 Å². The lowest BCUT2D eigenvalue weighted by Crippen LogP contribution is -3.00. The summed E-state index contributed by atoms with van der Waals surface area (Å²) in [5.74, 6) is -0.592. The van der Waals surface area contributed by atoms with Gasteiger partial charge in [0.05, 0.1) is 61.9 Å². The van der Waals surface area contributed by atoms with E-state index >= 15 is 0 Å². The van der Waals surface area contributed by atoms with E-state index in [1.165, 1.54) is 148 Å². The van der Waals surface area contributed by atoms with Crippen molar-refractivity contribution in [2.24, 2.45) is 0 Å². The number of ether oxygens (including phenoxy) is 3. The number of rotatable bonds is 44. The van der Waals surface area contributed by atoms with Gasteiger partial charge in [0.25, 0.3) is 0 Å². The third-order valence-electron chi connectivity index (χ3n) is 12.0. The summed E-state index contributed by atoms with van der Waals surface area (Å²) in [5.41, 5.74) is 0. The molecule has 0 unspecified atom stereocenters. The zero-order chi connectivity index (χ0) is 44.8. The topological polar surface area (TPSA) is 82.1 Å². The summed E-state index contributed by atoms with van der Waals surface area (Å²) in [6.07, 6.45) is 33.3. The lowest BCUT2D eigenvalue weighted by molar-refractivity contribution is -0.883. The van der Waals surface area contributed by atoms with Crippen LogP contribution in [0.1, 0.15) is 188 Å². The van der Waals surface area contributed by atoms with Gasteiger partial charge < -0.3 is 78.6 Å². The highest BCUT2D eigenvalue weighted by Crippen LogP contribution is 2.14. The highest BCUT2D eigenvalue weighted by Gasteiger charge is 2.24. The fourth-order valence-electron chi connectivity index (χ4n) is 8.00. The molecule has 10 nitrogen and oxygen atoms in total. The van der Waals surface area contributed by atoms with Gasteiger partial charge in [-0.3, -0.25) is 4.90 Å². The van der Waals surface area contributed by atoms with Gasteiger partial charge in [0.15, 0.2) is 19.6 Å². The maximum Gasteiger partial charge on any atom is 0.361 e. The quantitative estimate of drug-likeness (QED) is 0.0395. The largest absolute Gasteiger partial charge is 1.00 e. The Morgan fingerprint density at radius 3 is 0.730 bits per heavy atom. The monoisotopic (exact) mass is 1090 g/mol. The second-order valence-corrected chi connectivity index (χ2v) is 20.1. The maximum atomic E-state index is 12.9. The molecule has 0 aliphatic rings. The fourth-order valence-corrected chi connectivity index (χ4v) is 8.00. The SMILES string of the molecule is CCCCCCCCCCCC[N+](C)(C)CC(=O)OCCN(CCOC(=O)C[N+](C)(C)CCCCCCCCCC)CCOC(=O)C[N+](C)(C)CCCCCCCCCC.[Br-].[Br-].[Br-]. The number of unbranched alkanes of at least 4 members (excludes halogenated alkanes) is 23. The molecule has 63 heavy (non-hydrogen) atoms. The second-order valence-electron chi connectivity index (χ2n) is 20.1. The summed E-state index contributed by atoms with van der Waals surface area (Å²) in [6, 6.07) is 0. The molecule has 0 N–H and O–H groups in total. The van der Waals surface area contributed by atoms with Crippen molar-refractivity contribution in [2.45, 2.75) is 188 Å². The molecule has 0 fully saturated rings. The first-order chi connectivity index (χ1) is 28.6. The van der Waals surface area contributed by atoms with Crippen LogP contribution in [0.4, 0.5) is 0 Å². The molecule has 0 spiro atoms. The number of halogens is 3. The maximum absolute atomic E-state index is 12.9. The van der Waals surface area contributed by atoms with Crippen LogP contribution >= 0.6 is 0 Å². The number of carbonyl (C=O) groups is 3. The fraction of sp³-hybridized carbons (Fsp3) is 0.940. The van der Waals surface area contributed by atoms with Gasteiger partial charge in [-0.25, -0.2) is 14.4 Å². The molecule has 0 aromatic heterocycles. The Balaban J connectivity index is -0.00000580. The highest BCUT2D eigenvalue weighted by atomic mass is 79.9. The molecule has 0 rings (SSSR count). The summed E-state index contributed by atoms with van der Waals surface area (Å²) in [6.45, 7) is 12.8. The van der Waals surface area contributed by atoms with Crippen molar-refractivity contribution in [1.82, 2.24) is 4.90 Å². The van der Waals surface area contributed by atoms with Crippen molar-refractivity contribution < 1.29 is 93.0 Å². The molecule has 380 valence electrons. The van der Waals surface area contributed by atoms with Crippen molar-refractivity contribution >= 4 is 17.9 Å². The van der Waals surface area contributed by atoms with Crippen LogP contribution < -0.4 is 50.9 Å². The molecule has 0 saturated carbocycles. The summed E-state index contributed by atoms with van der Waals surface area (Å²) in [4.78, 5) is 40.8. The van der Waals surface area contributed by atoms with Crippen LogP contribution in [0.15, 0.2) is 0 Å². The predicted molar refractivity (Wildman–Crippen MR) is 252 cm³/mol. The lowest BCUT2D eigenvalue weighted by atomic mass is 10.1. The van der Waals surface area contributed by atoms with E-state index in [0.29, 0.717) is 52.7 Å². The summed E-state index contributed by atoms with van der Waals surface area (Å²) < 4.78 is 19.0. The van der Waals surface area contributed by atoms with E-state index in [0.717, 1.165) is 38.9 Å². The Bertz CT molecular complexity index is 1000. The van der Waals surface area contributed by atoms with E-state index in [9.17, 15) is 14.4 Å². The minimum atomic E-state index is -0.198. The van der Waals surface area contributed by atoms with E-state index in [-0.39, 0.29) is 88.7 Å². The molecule has 0 amide bonds. The average molecular weight is 1100 g/mol. The van der Waals surface area contributed by atoms with Crippen LogP contribution in [0.5, 0.6) is 0 Å². The van der Waals surface area contributed by atoms with E-state index < -0.39 is 0 Å². The van der Waals surface area contributed by atoms with Gasteiger partial charge in [-0.05, 0) is 38.5 Å². The molecule has 0 atom stereocenters. The first kappa shape index (κ1) is 69.3. The van der Waals surface area contributed by atoms with Gasteiger partial charge in [-0.2, -0.15) is 0 Å². The van der Waals surface area contributed by atoms with Crippen molar-refractivity contribution in [3.63, 3.8) is 0 Å². The van der Waals surface area contributed by atoms with E-state index in [4.69, 9.17) is 14.2 Å². The Hall–Kier alpha value is -0.310. The van der Waals surface area contributed by atoms with Gasteiger partial charge in [0.1, 0.15) is 19.8 Å². The van der Waals surface area contributed by atoms with Gasteiger partial charge in [-0.1, -0.05) is 149 Å². The normalized spacial score (nSPS) is 11.7. The molecular weight excluding hydrogens is 992 g/mol. The molecule has 0 heterocycles. The van der Waals surface area contributed by atoms with Crippen LogP contribution in [0.3, 0.4) is 0 Å².